The minimum atomic E-state index is -0.514. The highest BCUT2D eigenvalue weighted by molar-refractivity contribution is 6.00. The Kier molecular flexibility index (Phi) is 9.41. The van der Waals surface area contributed by atoms with Gasteiger partial charge in [0.1, 0.15) is 29.4 Å². The molecule has 6 aromatic rings. The zero-order valence-corrected chi connectivity index (χ0v) is 31.9. The summed E-state index contributed by atoms with van der Waals surface area (Å²) < 4.78 is 20.8. The van der Waals surface area contributed by atoms with E-state index < -0.39 is 11.7 Å². The summed E-state index contributed by atoms with van der Waals surface area (Å²) in [5, 5.41) is 8.46. The first-order valence-electron chi connectivity index (χ1n) is 19.1. The Balaban J connectivity index is 0.814. The summed E-state index contributed by atoms with van der Waals surface area (Å²) in [5.41, 5.74) is 14.7. The van der Waals surface area contributed by atoms with Crippen molar-refractivity contribution in [1.82, 2.24) is 34.9 Å². The first-order chi connectivity index (χ1) is 27.7. The molecule has 0 aliphatic carbocycles. The molecule has 5 heterocycles. The maximum absolute atomic E-state index is 13.8. The highest BCUT2D eigenvalue weighted by atomic mass is 19.1. The van der Waals surface area contributed by atoms with Crippen molar-refractivity contribution in [2.75, 3.05) is 75.5 Å². The predicted molar refractivity (Wildman–Crippen MR) is 217 cm³/mol. The Hall–Kier alpha value is -6.54. The molecule has 0 unspecified atom stereocenters. The number of halogens is 1. The van der Waals surface area contributed by atoms with Crippen LogP contribution >= 0.6 is 0 Å². The van der Waals surface area contributed by atoms with Crippen LogP contribution in [0.5, 0.6) is 5.75 Å². The van der Waals surface area contributed by atoms with Crippen molar-refractivity contribution in [2.45, 2.75) is 13.1 Å². The van der Waals surface area contributed by atoms with Crippen LogP contribution < -0.4 is 25.6 Å². The molecule has 0 saturated carbocycles. The van der Waals surface area contributed by atoms with E-state index in [4.69, 9.17) is 15.6 Å². The van der Waals surface area contributed by atoms with Crippen LogP contribution in [0.4, 0.5) is 21.6 Å². The summed E-state index contributed by atoms with van der Waals surface area (Å²) in [6, 6.07) is 26.1. The summed E-state index contributed by atoms with van der Waals surface area (Å²) in [7, 11) is 3.30. The van der Waals surface area contributed by atoms with E-state index in [9.17, 15) is 14.0 Å². The van der Waals surface area contributed by atoms with Crippen LogP contribution in [0.2, 0.25) is 0 Å². The summed E-state index contributed by atoms with van der Waals surface area (Å²) in [4.78, 5) is 43.1. The number of ether oxygens (including phenoxy) is 1. The molecule has 3 aliphatic heterocycles. The Morgan fingerprint density at radius 3 is 2.39 bits per heavy atom. The van der Waals surface area contributed by atoms with Crippen LogP contribution in [0.25, 0.3) is 28.0 Å². The van der Waals surface area contributed by atoms with Crippen molar-refractivity contribution >= 4 is 40.0 Å². The van der Waals surface area contributed by atoms with Gasteiger partial charge in [-0.3, -0.25) is 14.5 Å². The second-order valence-electron chi connectivity index (χ2n) is 15.0. The molecular formula is C43H43FN10O3. The standard InChI is InChI=1S/C43H43FN10O3/c1-50-25-30-19-34(12-13-35(30)43(50)56)52-17-15-51(16-18-52)22-28-23-53(24-28)32-8-10-33(11-9-32)54-41-38(40(45)47-26-48-41)39(49-54)29-5-3-27(4-6-29)21-46-42(55)36-20-31(44)7-14-37(36)57-2/h3-14,19-20,26,28H,15-18,21-25H2,1-2H3,(H,46,55)(H2,45,47,48). The average molecular weight is 767 g/mol. The smallest absolute Gasteiger partial charge is 0.255 e. The minimum Gasteiger partial charge on any atom is -0.496 e. The topological polar surface area (TPSA) is 138 Å². The Bertz CT molecular complexity index is 2470. The van der Waals surface area contributed by atoms with Crippen molar-refractivity contribution in [3.63, 3.8) is 0 Å². The number of carbonyl (C=O) groups is 2. The van der Waals surface area contributed by atoms with Gasteiger partial charge in [0.05, 0.1) is 23.7 Å². The highest BCUT2D eigenvalue weighted by Gasteiger charge is 2.31. The molecule has 2 aromatic heterocycles. The molecule has 2 saturated heterocycles. The fourth-order valence-corrected chi connectivity index (χ4v) is 8.18. The van der Waals surface area contributed by atoms with Gasteiger partial charge >= 0.3 is 0 Å². The van der Waals surface area contributed by atoms with E-state index in [1.54, 1.807) is 9.58 Å². The quantitative estimate of drug-likeness (QED) is 0.196. The molecule has 57 heavy (non-hydrogen) atoms. The van der Waals surface area contributed by atoms with Crippen molar-refractivity contribution < 1.29 is 18.7 Å². The second-order valence-corrected chi connectivity index (χ2v) is 15.0. The van der Waals surface area contributed by atoms with Crippen molar-refractivity contribution in [2.24, 2.45) is 5.92 Å². The van der Waals surface area contributed by atoms with Crippen molar-refractivity contribution in [1.29, 1.82) is 0 Å². The molecule has 0 radical (unpaired) electrons. The zero-order valence-electron chi connectivity index (χ0n) is 31.9. The van der Waals surface area contributed by atoms with Gasteiger partial charge in [-0.05, 0) is 71.8 Å². The van der Waals surface area contributed by atoms with Crippen LogP contribution in [0, 0.1) is 11.7 Å². The zero-order chi connectivity index (χ0) is 39.2. The van der Waals surface area contributed by atoms with Gasteiger partial charge in [0.2, 0.25) is 0 Å². The van der Waals surface area contributed by atoms with Gasteiger partial charge in [0.25, 0.3) is 11.8 Å². The molecule has 3 aliphatic rings. The van der Waals surface area contributed by atoms with Gasteiger partial charge < -0.3 is 30.5 Å². The van der Waals surface area contributed by atoms with Crippen LogP contribution in [0.15, 0.2) is 91.3 Å². The molecule has 4 aromatic carbocycles. The maximum Gasteiger partial charge on any atom is 0.255 e. The Morgan fingerprint density at radius 2 is 1.63 bits per heavy atom. The number of rotatable bonds is 10. The van der Waals surface area contributed by atoms with E-state index >= 15 is 0 Å². The normalized spacial score (nSPS) is 15.9. The number of methoxy groups -OCH3 is 1. The van der Waals surface area contributed by atoms with Gasteiger partial charge in [-0.25, -0.2) is 19.0 Å². The molecule has 0 atom stereocenters. The summed E-state index contributed by atoms with van der Waals surface area (Å²) >= 11 is 0. The van der Waals surface area contributed by atoms with Gasteiger partial charge in [0.15, 0.2) is 5.65 Å². The average Bonchev–Trinajstić information content (AvgIpc) is 3.75. The Morgan fingerprint density at radius 1 is 0.895 bits per heavy atom. The summed E-state index contributed by atoms with van der Waals surface area (Å²) in [5.74, 6) is 0.420. The van der Waals surface area contributed by atoms with Crippen LogP contribution in [0.1, 0.15) is 31.8 Å². The maximum atomic E-state index is 13.8. The molecule has 0 spiro atoms. The lowest BCUT2D eigenvalue weighted by atomic mass is 9.98. The summed E-state index contributed by atoms with van der Waals surface area (Å²) in [6.45, 7) is 8.09. The molecule has 0 bridgehead atoms. The molecule has 3 N–H and O–H groups in total. The monoisotopic (exact) mass is 766 g/mol. The van der Waals surface area contributed by atoms with Gasteiger partial charge in [-0.15, -0.1) is 0 Å². The molecule has 9 rings (SSSR count). The molecule has 13 nitrogen and oxygen atoms in total. The second kappa shape index (κ2) is 14.8. The van der Waals surface area contributed by atoms with Crippen LogP contribution in [-0.2, 0) is 13.1 Å². The third kappa shape index (κ3) is 6.97. The number of benzene rings is 4. The summed E-state index contributed by atoms with van der Waals surface area (Å²) in [6.07, 6.45) is 1.45. The molecule has 2 amide bonds. The number of amides is 2. The van der Waals surface area contributed by atoms with E-state index in [-0.39, 0.29) is 18.0 Å². The number of fused-ring (bicyclic) bond motifs is 2. The lowest BCUT2D eigenvalue weighted by molar-refractivity contribution is 0.0816. The van der Waals surface area contributed by atoms with Gasteiger partial charge in [-0.1, -0.05) is 24.3 Å². The molecule has 14 heteroatoms. The number of hydrogen-bond acceptors (Lipinski definition) is 10. The fraction of sp³-hybridized carbons (Fsp3) is 0.279. The van der Waals surface area contributed by atoms with E-state index in [1.807, 2.05) is 37.4 Å². The van der Waals surface area contributed by atoms with E-state index in [1.165, 1.54) is 36.9 Å². The van der Waals surface area contributed by atoms with Crippen LogP contribution in [-0.4, -0.2) is 101 Å². The van der Waals surface area contributed by atoms with E-state index in [2.05, 4.69) is 66.4 Å². The third-order valence-electron chi connectivity index (χ3n) is 11.3. The number of nitrogens with one attached hydrogen (secondary N) is 1. The van der Waals surface area contributed by atoms with E-state index in [0.717, 1.165) is 79.8 Å². The number of piperazine rings is 1. The minimum absolute atomic E-state index is 0.114. The van der Waals surface area contributed by atoms with E-state index in [0.29, 0.717) is 40.8 Å². The molecule has 290 valence electrons. The SMILES string of the molecule is COc1ccc(F)cc1C(=O)NCc1ccc(-c2nn(-c3ccc(N4CC(CN5CCN(c6ccc7c(c6)CN(C)C7=O)CC5)C4)cc3)c3ncnc(N)c23)cc1. The van der Waals surface area contributed by atoms with Crippen molar-refractivity contribution in [3.05, 3.63) is 119 Å². The number of nitrogens with zero attached hydrogens (tertiary/aromatic N) is 8. The van der Waals surface area contributed by atoms with Gasteiger partial charge in [0, 0.05) is 94.4 Å². The third-order valence-corrected chi connectivity index (χ3v) is 11.3. The van der Waals surface area contributed by atoms with Crippen molar-refractivity contribution in [3.8, 4) is 22.7 Å². The van der Waals surface area contributed by atoms with Crippen LogP contribution in [0.3, 0.4) is 0 Å². The number of aromatic nitrogens is 4. The lowest BCUT2D eigenvalue weighted by Crippen LogP contribution is -2.55. The van der Waals surface area contributed by atoms with Gasteiger partial charge in [-0.2, -0.15) is 5.10 Å². The highest BCUT2D eigenvalue weighted by Crippen LogP contribution is 2.34. The lowest BCUT2D eigenvalue weighted by Gasteiger charge is -2.45. The number of carbonyl (C=O) groups excluding carboxylic acids is 2. The number of nitrogens with two attached hydrogens (primary N) is 1. The molecule has 2 fully saturated rings. The molecular weight excluding hydrogens is 724 g/mol. The first-order valence-corrected chi connectivity index (χ1v) is 19.1. The number of hydrogen-bond donors (Lipinski definition) is 2. The first kappa shape index (κ1) is 36.1. The largest absolute Gasteiger partial charge is 0.496 e. The Labute approximate surface area is 329 Å². The fourth-order valence-electron chi connectivity index (χ4n) is 8.18. The number of anilines is 3. The predicted octanol–water partition coefficient (Wildman–Crippen LogP) is 4.99. The number of nitrogen functional groups attached to an aromatic ring is 1.